The van der Waals surface area contributed by atoms with Gasteiger partial charge in [0.25, 0.3) is 11.8 Å². The van der Waals surface area contributed by atoms with E-state index in [1.807, 2.05) is 24.3 Å². The van der Waals surface area contributed by atoms with E-state index in [1.54, 1.807) is 62.8 Å². The quantitative estimate of drug-likeness (QED) is 0.436. The van der Waals surface area contributed by atoms with Gasteiger partial charge in [-0.15, -0.1) is 0 Å². The molecule has 0 fully saturated rings. The van der Waals surface area contributed by atoms with E-state index in [1.165, 1.54) is 0 Å². The first-order chi connectivity index (χ1) is 15.7. The van der Waals surface area contributed by atoms with Gasteiger partial charge < -0.3 is 24.1 Å². The predicted molar refractivity (Wildman–Crippen MR) is 118 cm³/mol. The van der Waals surface area contributed by atoms with Crippen LogP contribution in [0.5, 0.6) is 17.2 Å². The lowest BCUT2D eigenvalue weighted by Gasteiger charge is -2.11. The predicted octanol–water partition coefficient (Wildman–Crippen LogP) is 4.59. The number of nitrogens with zero attached hydrogens (tertiary/aromatic N) is 2. The molecule has 0 aliphatic heterocycles. The molecule has 162 valence electrons. The highest BCUT2D eigenvalue weighted by Gasteiger charge is 2.15. The van der Waals surface area contributed by atoms with Crippen LogP contribution in [0.15, 0.2) is 77.3 Å². The molecule has 0 unspecified atom stereocenters. The van der Waals surface area contributed by atoms with Crippen molar-refractivity contribution >= 4 is 11.6 Å². The van der Waals surface area contributed by atoms with Gasteiger partial charge in [-0.2, -0.15) is 4.98 Å². The molecule has 8 heteroatoms. The molecule has 0 radical (unpaired) electrons. The maximum atomic E-state index is 12.8. The third-order valence-corrected chi connectivity index (χ3v) is 4.65. The van der Waals surface area contributed by atoms with Gasteiger partial charge in [-0.1, -0.05) is 17.3 Å². The highest BCUT2D eigenvalue weighted by molar-refractivity contribution is 6.06. The molecule has 0 aliphatic carbocycles. The summed E-state index contributed by atoms with van der Waals surface area (Å²) in [5.41, 5.74) is 1.82. The maximum absolute atomic E-state index is 12.8. The Bertz CT molecular complexity index is 1190. The molecular formula is C24H21N3O5. The Morgan fingerprint density at radius 1 is 0.906 bits per heavy atom. The summed E-state index contributed by atoms with van der Waals surface area (Å²) in [5, 5.41) is 6.83. The standard InChI is InChI=1S/C24H21N3O5/c1-29-18-11-7-16(8-12-18)23-26-22(32-27-23)15-31-21-6-4-3-5-20(21)24(28)25-17-9-13-19(30-2)14-10-17/h3-14H,15H2,1-2H3,(H,25,28). The molecule has 0 saturated heterocycles. The van der Waals surface area contributed by atoms with Crippen molar-refractivity contribution in [1.29, 1.82) is 0 Å². The van der Waals surface area contributed by atoms with Crippen LogP contribution in [0.1, 0.15) is 16.2 Å². The van der Waals surface area contributed by atoms with E-state index in [0.717, 1.165) is 11.3 Å². The molecule has 4 rings (SSSR count). The first kappa shape index (κ1) is 20.9. The van der Waals surface area contributed by atoms with Gasteiger partial charge in [0.15, 0.2) is 6.61 Å². The number of nitrogens with one attached hydrogen (secondary N) is 1. The van der Waals surface area contributed by atoms with Crippen molar-refractivity contribution in [3.8, 4) is 28.6 Å². The van der Waals surface area contributed by atoms with Crippen LogP contribution in [0.2, 0.25) is 0 Å². The van der Waals surface area contributed by atoms with Gasteiger partial charge in [-0.05, 0) is 60.7 Å². The van der Waals surface area contributed by atoms with Gasteiger partial charge in [0.1, 0.15) is 17.2 Å². The molecule has 4 aromatic rings. The minimum absolute atomic E-state index is 0.0238. The van der Waals surface area contributed by atoms with E-state index in [4.69, 9.17) is 18.7 Å². The number of aromatic nitrogens is 2. The number of amides is 1. The largest absolute Gasteiger partial charge is 0.497 e. The molecule has 0 spiro atoms. The highest BCUT2D eigenvalue weighted by atomic mass is 16.5. The lowest BCUT2D eigenvalue weighted by molar-refractivity contribution is 0.102. The van der Waals surface area contributed by atoms with Crippen molar-refractivity contribution in [3.05, 3.63) is 84.3 Å². The summed E-state index contributed by atoms with van der Waals surface area (Å²) in [6.45, 7) is 0.0238. The van der Waals surface area contributed by atoms with Crippen LogP contribution < -0.4 is 19.5 Å². The topological polar surface area (TPSA) is 95.7 Å². The molecule has 0 bridgehead atoms. The molecule has 8 nitrogen and oxygen atoms in total. The Morgan fingerprint density at radius 3 is 2.25 bits per heavy atom. The highest BCUT2D eigenvalue weighted by Crippen LogP contribution is 2.23. The molecule has 0 aliphatic rings. The Morgan fingerprint density at radius 2 is 1.56 bits per heavy atom. The van der Waals surface area contributed by atoms with Gasteiger partial charge in [0.2, 0.25) is 5.82 Å². The SMILES string of the molecule is COc1ccc(NC(=O)c2ccccc2OCc2nc(-c3ccc(OC)cc3)no2)cc1. The molecule has 0 atom stereocenters. The van der Waals surface area contributed by atoms with E-state index < -0.39 is 0 Å². The van der Waals surface area contributed by atoms with E-state index in [9.17, 15) is 4.79 Å². The summed E-state index contributed by atoms with van der Waals surface area (Å²) in [5.74, 6) is 2.29. The number of benzene rings is 3. The monoisotopic (exact) mass is 431 g/mol. The summed E-state index contributed by atoms with van der Waals surface area (Å²) in [6.07, 6.45) is 0. The first-order valence-corrected chi connectivity index (χ1v) is 9.80. The first-order valence-electron chi connectivity index (χ1n) is 9.80. The fourth-order valence-corrected chi connectivity index (χ4v) is 2.96. The molecular weight excluding hydrogens is 410 g/mol. The van der Waals surface area contributed by atoms with E-state index >= 15 is 0 Å². The maximum Gasteiger partial charge on any atom is 0.264 e. The lowest BCUT2D eigenvalue weighted by atomic mass is 10.2. The van der Waals surface area contributed by atoms with Crippen LogP contribution in [0, 0.1) is 0 Å². The Kier molecular flexibility index (Phi) is 6.31. The normalized spacial score (nSPS) is 10.4. The molecule has 0 saturated carbocycles. The Balaban J connectivity index is 1.43. The van der Waals surface area contributed by atoms with E-state index in [-0.39, 0.29) is 12.5 Å². The molecule has 1 N–H and O–H groups in total. The Labute approximate surface area is 184 Å². The average molecular weight is 431 g/mol. The molecule has 32 heavy (non-hydrogen) atoms. The van der Waals surface area contributed by atoms with Crippen LogP contribution in [0.25, 0.3) is 11.4 Å². The van der Waals surface area contributed by atoms with Crippen molar-refractivity contribution in [1.82, 2.24) is 10.1 Å². The minimum Gasteiger partial charge on any atom is -0.497 e. The second-order valence-corrected chi connectivity index (χ2v) is 6.71. The van der Waals surface area contributed by atoms with Crippen LogP contribution in [-0.4, -0.2) is 30.3 Å². The third kappa shape index (κ3) is 4.86. The van der Waals surface area contributed by atoms with Crippen LogP contribution >= 0.6 is 0 Å². The number of hydrogen-bond acceptors (Lipinski definition) is 7. The van der Waals surface area contributed by atoms with Crippen LogP contribution in [-0.2, 0) is 6.61 Å². The zero-order valence-corrected chi connectivity index (χ0v) is 17.6. The fourth-order valence-electron chi connectivity index (χ4n) is 2.96. The van der Waals surface area contributed by atoms with Gasteiger partial charge in [-0.3, -0.25) is 4.79 Å². The summed E-state index contributed by atoms with van der Waals surface area (Å²) < 4.78 is 21.4. The summed E-state index contributed by atoms with van der Waals surface area (Å²) >= 11 is 0. The smallest absolute Gasteiger partial charge is 0.264 e. The van der Waals surface area contributed by atoms with Gasteiger partial charge in [-0.25, -0.2) is 0 Å². The average Bonchev–Trinajstić information content (AvgIpc) is 3.32. The number of rotatable bonds is 8. The van der Waals surface area contributed by atoms with Crippen molar-refractivity contribution in [2.75, 3.05) is 19.5 Å². The molecule has 1 aromatic heterocycles. The second kappa shape index (κ2) is 9.65. The van der Waals surface area contributed by atoms with Gasteiger partial charge >= 0.3 is 0 Å². The van der Waals surface area contributed by atoms with Crippen molar-refractivity contribution in [3.63, 3.8) is 0 Å². The van der Waals surface area contributed by atoms with E-state index in [2.05, 4.69) is 15.5 Å². The second-order valence-electron chi connectivity index (χ2n) is 6.71. The number of carbonyl (C=O) groups is 1. The summed E-state index contributed by atoms with van der Waals surface area (Å²) in [6, 6.07) is 21.3. The van der Waals surface area contributed by atoms with Gasteiger partial charge in [0, 0.05) is 11.3 Å². The number of carbonyl (C=O) groups excluding carboxylic acids is 1. The van der Waals surface area contributed by atoms with Crippen LogP contribution in [0.3, 0.4) is 0 Å². The third-order valence-electron chi connectivity index (χ3n) is 4.65. The fraction of sp³-hybridized carbons (Fsp3) is 0.125. The zero-order valence-electron chi connectivity index (χ0n) is 17.6. The number of anilines is 1. The number of hydrogen-bond donors (Lipinski definition) is 1. The minimum atomic E-state index is -0.296. The molecule has 1 heterocycles. The summed E-state index contributed by atoms with van der Waals surface area (Å²) in [7, 11) is 3.19. The Hall–Kier alpha value is -4.33. The van der Waals surface area contributed by atoms with Crippen molar-refractivity contribution in [2.45, 2.75) is 6.61 Å². The van der Waals surface area contributed by atoms with Gasteiger partial charge in [0.05, 0.1) is 19.8 Å². The van der Waals surface area contributed by atoms with Crippen molar-refractivity contribution < 1.29 is 23.5 Å². The zero-order chi connectivity index (χ0) is 22.3. The van der Waals surface area contributed by atoms with Crippen LogP contribution in [0.4, 0.5) is 5.69 Å². The summed E-state index contributed by atoms with van der Waals surface area (Å²) in [4.78, 5) is 17.1. The number of ether oxygens (including phenoxy) is 3. The molecule has 3 aromatic carbocycles. The van der Waals surface area contributed by atoms with Crippen molar-refractivity contribution in [2.24, 2.45) is 0 Å². The number of methoxy groups -OCH3 is 2. The lowest BCUT2D eigenvalue weighted by Crippen LogP contribution is -2.13. The van der Waals surface area contributed by atoms with E-state index in [0.29, 0.717) is 34.5 Å². The number of para-hydroxylation sites is 1. The molecule has 1 amide bonds.